The van der Waals surface area contributed by atoms with Gasteiger partial charge in [-0.15, -0.1) is 0 Å². The summed E-state index contributed by atoms with van der Waals surface area (Å²) in [5, 5.41) is 0. The molecule has 2 atom stereocenters. The highest BCUT2D eigenvalue weighted by Crippen LogP contribution is 2.58. The molecule has 0 radical (unpaired) electrons. The molecule has 2 aliphatic carbocycles. The van der Waals surface area contributed by atoms with Gasteiger partial charge in [-0.2, -0.15) is 0 Å². The molecular formula is C50H42. The van der Waals surface area contributed by atoms with Crippen molar-refractivity contribution in [3.63, 3.8) is 0 Å². The van der Waals surface area contributed by atoms with Crippen molar-refractivity contribution in [1.82, 2.24) is 0 Å². The second-order valence-corrected chi connectivity index (χ2v) is 14.8. The SMILES string of the molecule is Cc1ccc(C2c3ccc(C)cc3C3c4cc(C)ccc4C(c4ccc(C)cc4)c4cc(C(c5ccccc5)c5ccccc5)cc2c43)cc1. The summed E-state index contributed by atoms with van der Waals surface area (Å²) < 4.78 is 0. The Morgan fingerprint density at radius 3 is 1.14 bits per heavy atom. The van der Waals surface area contributed by atoms with Gasteiger partial charge in [0.2, 0.25) is 0 Å². The van der Waals surface area contributed by atoms with Crippen molar-refractivity contribution in [3.8, 4) is 0 Å². The van der Waals surface area contributed by atoms with Gasteiger partial charge in [0, 0.05) is 23.7 Å². The Labute approximate surface area is 297 Å². The van der Waals surface area contributed by atoms with Gasteiger partial charge in [-0.1, -0.05) is 180 Å². The van der Waals surface area contributed by atoms with Crippen LogP contribution in [-0.2, 0) is 0 Å². The largest absolute Gasteiger partial charge is 0.0622 e. The van der Waals surface area contributed by atoms with Crippen molar-refractivity contribution in [2.24, 2.45) is 0 Å². The van der Waals surface area contributed by atoms with E-state index in [-0.39, 0.29) is 23.7 Å². The van der Waals surface area contributed by atoms with Crippen LogP contribution in [0.25, 0.3) is 0 Å². The van der Waals surface area contributed by atoms with E-state index in [9.17, 15) is 0 Å². The van der Waals surface area contributed by atoms with Crippen molar-refractivity contribution in [2.45, 2.75) is 51.4 Å². The average molecular weight is 643 g/mol. The first-order valence-electron chi connectivity index (χ1n) is 18.1. The van der Waals surface area contributed by atoms with Crippen LogP contribution in [-0.4, -0.2) is 0 Å². The van der Waals surface area contributed by atoms with E-state index in [1.165, 1.54) is 89.0 Å². The smallest absolute Gasteiger partial charge is 0.0352 e. The van der Waals surface area contributed by atoms with Crippen molar-refractivity contribution in [2.75, 3.05) is 0 Å². The van der Waals surface area contributed by atoms with Crippen molar-refractivity contribution in [1.29, 1.82) is 0 Å². The third-order valence-electron chi connectivity index (χ3n) is 11.3. The molecular weight excluding hydrogens is 601 g/mol. The number of aryl methyl sites for hydroxylation is 4. The lowest BCUT2D eigenvalue weighted by molar-refractivity contribution is 0.746. The van der Waals surface area contributed by atoms with Crippen molar-refractivity contribution >= 4 is 0 Å². The Morgan fingerprint density at radius 1 is 0.320 bits per heavy atom. The minimum atomic E-state index is 0.105. The highest BCUT2D eigenvalue weighted by atomic mass is 14.5. The van der Waals surface area contributed by atoms with Gasteiger partial charge < -0.3 is 0 Å². The predicted octanol–water partition coefficient (Wildman–Crippen LogP) is 12.3. The van der Waals surface area contributed by atoms with Crippen LogP contribution >= 0.6 is 0 Å². The second kappa shape index (κ2) is 12.1. The number of benzene rings is 7. The molecule has 0 saturated carbocycles. The predicted molar refractivity (Wildman–Crippen MR) is 208 cm³/mol. The third-order valence-corrected chi connectivity index (χ3v) is 11.3. The molecule has 7 aromatic carbocycles. The molecule has 0 fully saturated rings. The number of hydrogen-bond donors (Lipinski definition) is 0. The zero-order valence-electron chi connectivity index (χ0n) is 29.3. The Bertz CT molecular complexity index is 2180. The zero-order valence-corrected chi connectivity index (χ0v) is 29.3. The van der Waals surface area contributed by atoms with Crippen molar-refractivity contribution < 1.29 is 0 Å². The molecule has 50 heavy (non-hydrogen) atoms. The van der Waals surface area contributed by atoms with E-state index >= 15 is 0 Å². The highest BCUT2D eigenvalue weighted by molar-refractivity contribution is 5.71. The van der Waals surface area contributed by atoms with Gasteiger partial charge in [0.05, 0.1) is 0 Å². The minimum Gasteiger partial charge on any atom is -0.0622 e. The summed E-state index contributed by atoms with van der Waals surface area (Å²) >= 11 is 0. The topological polar surface area (TPSA) is 0 Å². The van der Waals surface area contributed by atoms with Gasteiger partial charge in [-0.3, -0.25) is 0 Å². The monoisotopic (exact) mass is 642 g/mol. The van der Waals surface area contributed by atoms with Crippen LogP contribution in [0.4, 0.5) is 0 Å². The fourth-order valence-electron chi connectivity index (χ4n) is 9.03. The maximum absolute atomic E-state index is 2.59. The van der Waals surface area contributed by atoms with Crippen LogP contribution in [0.5, 0.6) is 0 Å². The molecule has 2 aliphatic rings. The van der Waals surface area contributed by atoms with Gasteiger partial charge in [-0.05, 0) is 94.5 Å². The summed E-state index contributed by atoms with van der Waals surface area (Å²) in [4.78, 5) is 0. The van der Waals surface area contributed by atoms with Gasteiger partial charge in [0.1, 0.15) is 0 Å². The third kappa shape index (κ3) is 5.05. The zero-order chi connectivity index (χ0) is 33.9. The maximum atomic E-state index is 2.59. The number of fused-ring (bicyclic) bond motifs is 4. The van der Waals surface area contributed by atoms with Gasteiger partial charge in [0.15, 0.2) is 0 Å². The highest BCUT2D eigenvalue weighted by Gasteiger charge is 2.43. The molecule has 0 aliphatic heterocycles. The molecule has 0 spiro atoms. The normalized spacial score (nSPS) is 17.2. The van der Waals surface area contributed by atoms with E-state index in [4.69, 9.17) is 0 Å². The Morgan fingerprint density at radius 2 is 0.720 bits per heavy atom. The van der Waals surface area contributed by atoms with Crippen LogP contribution in [0, 0.1) is 27.7 Å². The van der Waals surface area contributed by atoms with Gasteiger partial charge in [0.25, 0.3) is 0 Å². The quantitative estimate of drug-likeness (QED) is 0.164. The standard InChI is InChI=1S/C50H42/c1-31-15-21-37(22-16-31)47-40-25-19-33(3)27-42(40)49-43-28-34(4)20-26-41(43)48(38-23-17-32(2)18-24-38)45-30-39(29-44(47)50(45)49)46(35-11-7-5-8-12-35)36-13-9-6-10-14-36/h5-30,46-49H,1-4H3. The van der Waals surface area contributed by atoms with Crippen LogP contribution in [0.2, 0.25) is 0 Å². The van der Waals surface area contributed by atoms with E-state index in [2.05, 4.69) is 185 Å². The summed E-state index contributed by atoms with van der Waals surface area (Å²) in [5.74, 6) is 0.546. The number of hydrogen-bond acceptors (Lipinski definition) is 0. The summed E-state index contributed by atoms with van der Waals surface area (Å²) in [6, 6.07) is 60.5. The Kier molecular flexibility index (Phi) is 7.43. The van der Waals surface area contributed by atoms with E-state index < -0.39 is 0 Å². The van der Waals surface area contributed by atoms with Gasteiger partial charge >= 0.3 is 0 Å². The summed E-state index contributed by atoms with van der Waals surface area (Å²) in [5.41, 5.74) is 22.1. The molecule has 0 nitrogen and oxygen atoms in total. The first kappa shape index (κ1) is 30.6. The molecule has 0 saturated heterocycles. The van der Waals surface area contributed by atoms with E-state index in [1.54, 1.807) is 0 Å². The summed E-state index contributed by atoms with van der Waals surface area (Å²) in [6.07, 6.45) is 0. The molecule has 0 heterocycles. The molecule has 0 N–H and O–H groups in total. The van der Waals surface area contributed by atoms with E-state index in [0.717, 1.165) is 0 Å². The number of rotatable bonds is 5. The van der Waals surface area contributed by atoms with Crippen LogP contribution in [0.3, 0.4) is 0 Å². The second-order valence-electron chi connectivity index (χ2n) is 14.8. The first-order valence-corrected chi connectivity index (χ1v) is 18.1. The van der Waals surface area contributed by atoms with E-state index in [0.29, 0.717) is 0 Å². The minimum absolute atomic E-state index is 0.105. The summed E-state index contributed by atoms with van der Waals surface area (Å²) in [6.45, 7) is 8.88. The molecule has 242 valence electrons. The molecule has 9 rings (SSSR count). The fourth-order valence-corrected chi connectivity index (χ4v) is 9.03. The van der Waals surface area contributed by atoms with Crippen molar-refractivity contribution in [3.05, 3.63) is 247 Å². The van der Waals surface area contributed by atoms with Gasteiger partial charge in [-0.25, -0.2) is 0 Å². The molecule has 0 heteroatoms. The first-order chi connectivity index (χ1) is 24.4. The van der Waals surface area contributed by atoms with Crippen LogP contribution in [0.1, 0.15) is 113 Å². The lowest BCUT2D eigenvalue weighted by Crippen LogP contribution is -2.28. The molecule has 0 amide bonds. The van der Waals surface area contributed by atoms with Crippen LogP contribution < -0.4 is 0 Å². The molecule has 0 bridgehead atoms. The lowest BCUT2D eigenvalue weighted by Gasteiger charge is -2.43. The molecule has 7 aromatic rings. The Hall–Kier alpha value is -5.46. The Balaban J connectivity index is 1.42. The fraction of sp³-hybridized carbons (Fsp3) is 0.160. The lowest BCUT2D eigenvalue weighted by atomic mass is 9.59. The van der Waals surface area contributed by atoms with Crippen LogP contribution in [0.15, 0.2) is 158 Å². The molecule has 0 aromatic heterocycles. The maximum Gasteiger partial charge on any atom is 0.0352 e. The summed E-state index contributed by atoms with van der Waals surface area (Å²) in [7, 11) is 0. The average Bonchev–Trinajstić information content (AvgIpc) is 3.14. The molecule has 2 unspecified atom stereocenters. The van der Waals surface area contributed by atoms with E-state index in [1.807, 2.05) is 0 Å².